The molecule has 1 heterocycles. The van der Waals surface area contributed by atoms with Gasteiger partial charge in [-0.3, -0.25) is 14.9 Å². The minimum Gasteiger partial charge on any atom is -0.326 e. The molecule has 19 heavy (non-hydrogen) atoms. The van der Waals surface area contributed by atoms with Gasteiger partial charge in [0.05, 0.1) is 4.92 Å². The molecule has 0 aliphatic carbocycles. The number of rotatable bonds is 4. The van der Waals surface area contributed by atoms with Gasteiger partial charge < -0.3 is 10.6 Å². The minimum absolute atomic E-state index is 0.0560. The lowest BCUT2D eigenvalue weighted by molar-refractivity contribution is -0.384. The maximum Gasteiger partial charge on any atom is 0.289 e. The Kier molecular flexibility index (Phi) is 4.34. The van der Waals surface area contributed by atoms with E-state index in [1.54, 1.807) is 6.07 Å². The number of nitrogens with one attached hydrogen (secondary N) is 2. The highest BCUT2D eigenvalue weighted by Crippen LogP contribution is 2.27. The largest absolute Gasteiger partial charge is 0.326 e. The topological polar surface area (TPSA) is 84.3 Å². The van der Waals surface area contributed by atoms with Crippen molar-refractivity contribution < 1.29 is 9.72 Å². The van der Waals surface area contributed by atoms with E-state index in [2.05, 4.69) is 10.6 Å². The van der Waals surface area contributed by atoms with E-state index >= 15 is 0 Å². The molecule has 0 aromatic heterocycles. The highest BCUT2D eigenvalue weighted by atomic mass is 35.5. The summed E-state index contributed by atoms with van der Waals surface area (Å²) >= 11 is 5.70. The summed E-state index contributed by atoms with van der Waals surface area (Å²) in [4.78, 5) is 21.9. The molecule has 102 valence electrons. The van der Waals surface area contributed by atoms with Crippen molar-refractivity contribution in [1.82, 2.24) is 5.32 Å². The van der Waals surface area contributed by atoms with Crippen LogP contribution in [-0.2, 0) is 4.79 Å². The van der Waals surface area contributed by atoms with Gasteiger partial charge in [-0.2, -0.15) is 0 Å². The van der Waals surface area contributed by atoms with E-state index in [1.165, 1.54) is 12.1 Å². The van der Waals surface area contributed by atoms with Crippen LogP contribution in [0.15, 0.2) is 18.2 Å². The molecule has 6 nitrogen and oxygen atoms in total. The van der Waals surface area contributed by atoms with Crippen LogP contribution in [0.2, 0.25) is 5.02 Å². The van der Waals surface area contributed by atoms with E-state index in [1.807, 2.05) is 0 Å². The molecule has 0 saturated carbocycles. The van der Waals surface area contributed by atoms with E-state index in [0.29, 0.717) is 12.1 Å². The summed E-state index contributed by atoms with van der Waals surface area (Å²) in [6, 6.07) is 4.42. The molecule has 2 rings (SSSR count). The summed E-state index contributed by atoms with van der Waals surface area (Å²) in [5.41, 5.74) is 0.178. The third-order valence-electron chi connectivity index (χ3n) is 3.02. The van der Waals surface area contributed by atoms with E-state index in [0.717, 1.165) is 19.4 Å². The SMILES string of the molecule is O=C(CC1CCCN1)Nc1ccc(Cl)c([N+](=O)[O-])c1. The first kappa shape index (κ1) is 13.8. The normalized spacial score (nSPS) is 18.3. The molecule has 1 fully saturated rings. The van der Waals surface area contributed by atoms with E-state index in [4.69, 9.17) is 11.6 Å². The number of hydrogen-bond acceptors (Lipinski definition) is 4. The average molecular weight is 284 g/mol. The van der Waals surface area contributed by atoms with Gasteiger partial charge in [-0.05, 0) is 31.5 Å². The highest BCUT2D eigenvalue weighted by molar-refractivity contribution is 6.32. The minimum atomic E-state index is -0.573. The number of nitrogens with zero attached hydrogens (tertiary/aromatic N) is 1. The van der Waals surface area contributed by atoms with Crippen molar-refractivity contribution in [3.63, 3.8) is 0 Å². The lowest BCUT2D eigenvalue weighted by atomic mass is 10.1. The molecule has 7 heteroatoms. The lowest BCUT2D eigenvalue weighted by Gasteiger charge is -2.10. The number of anilines is 1. The molecule has 1 atom stereocenters. The molecule has 1 aliphatic rings. The number of hydrogen-bond donors (Lipinski definition) is 2. The van der Waals surface area contributed by atoms with Gasteiger partial charge in [0.2, 0.25) is 5.91 Å². The summed E-state index contributed by atoms with van der Waals surface area (Å²) in [6.07, 6.45) is 2.43. The zero-order chi connectivity index (χ0) is 13.8. The van der Waals surface area contributed by atoms with Gasteiger partial charge in [0.1, 0.15) is 5.02 Å². The Bertz CT molecular complexity index is 501. The molecule has 0 bridgehead atoms. The maximum atomic E-state index is 11.8. The number of nitro groups is 1. The van der Waals surface area contributed by atoms with Gasteiger partial charge in [0, 0.05) is 24.2 Å². The number of amides is 1. The second-order valence-electron chi connectivity index (χ2n) is 4.47. The number of halogens is 1. The molecular formula is C12H14ClN3O3. The van der Waals surface area contributed by atoms with Crippen molar-refractivity contribution in [2.45, 2.75) is 25.3 Å². The molecule has 1 aliphatic heterocycles. The number of nitro benzene ring substituents is 1. The second kappa shape index (κ2) is 5.99. The van der Waals surface area contributed by atoms with Crippen LogP contribution in [0, 0.1) is 10.1 Å². The standard InChI is InChI=1S/C12H14ClN3O3/c13-10-4-3-9(6-11(10)16(18)19)15-12(17)7-8-2-1-5-14-8/h3-4,6,8,14H,1-2,5,7H2,(H,15,17). The van der Waals surface area contributed by atoms with Crippen LogP contribution in [0.4, 0.5) is 11.4 Å². The summed E-state index contributed by atoms with van der Waals surface area (Å²) in [6.45, 7) is 0.935. The van der Waals surface area contributed by atoms with Crippen LogP contribution in [0.3, 0.4) is 0 Å². The third-order valence-corrected chi connectivity index (χ3v) is 3.34. The number of carbonyl (C=O) groups excluding carboxylic acids is 1. The zero-order valence-electron chi connectivity index (χ0n) is 10.2. The Labute approximate surface area is 115 Å². The van der Waals surface area contributed by atoms with Crippen LogP contribution in [0.25, 0.3) is 0 Å². The molecule has 1 unspecified atom stereocenters. The van der Waals surface area contributed by atoms with E-state index in [-0.39, 0.29) is 22.7 Å². The van der Waals surface area contributed by atoms with Crippen LogP contribution >= 0.6 is 11.6 Å². The molecular weight excluding hydrogens is 270 g/mol. The van der Waals surface area contributed by atoms with Crippen LogP contribution in [-0.4, -0.2) is 23.4 Å². The second-order valence-corrected chi connectivity index (χ2v) is 4.88. The van der Waals surface area contributed by atoms with Gasteiger partial charge in [0.15, 0.2) is 0 Å². The number of benzene rings is 1. The van der Waals surface area contributed by atoms with Gasteiger partial charge >= 0.3 is 0 Å². The fraction of sp³-hybridized carbons (Fsp3) is 0.417. The maximum absolute atomic E-state index is 11.8. The van der Waals surface area contributed by atoms with Gasteiger partial charge in [-0.15, -0.1) is 0 Å². The molecule has 2 N–H and O–H groups in total. The van der Waals surface area contributed by atoms with Crippen LogP contribution in [0.1, 0.15) is 19.3 Å². The Morgan fingerprint density at radius 2 is 2.37 bits per heavy atom. The first-order valence-corrected chi connectivity index (χ1v) is 6.41. The summed E-state index contributed by atoms with van der Waals surface area (Å²) in [5.74, 6) is -0.156. The molecule has 1 aromatic rings. The van der Waals surface area contributed by atoms with Gasteiger partial charge in [-0.25, -0.2) is 0 Å². The van der Waals surface area contributed by atoms with Crippen molar-refractivity contribution >= 4 is 28.9 Å². The predicted octanol–water partition coefficient (Wildman–Crippen LogP) is 2.33. The average Bonchev–Trinajstić information content (AvgIpc) is 2.84. The Morgan fingerprint density at radius 3 is 3.00 bits per heavy atom. The van der Waals surface area contributed by atoms with E-state index in [9.17, 15) is 14.9 Å². The predicted molar refractivity (Wildman–Crippen MR) is 72.4 cm³/mol. The first-order chi connectivity index (χ1) is 9.06. The Hall–Kier alpha value is -1.66. The fourth-order valence-corrected chi connectivity index (χ4v) is 2.28. The summed E-state index contributed by atoms with van der Waals surface area (Å²) < 4.78 is 0. The van der Waals surface area contributed by atoms with Crippen molar-refractivity contribution in [2.75, 3.05) is 11.9 Å². The molecule has 1 saturated heterocycles. The third kappa shape index (κ3) is 3.65. The van der Waals surface area contributed by atoms with E-state index < -0.39 is 4.92 Å². The Balaban J connectivity index is 2.00. The monoisotopic (exact) mass is 283 g/mol. The molecule has 1 amide bonds. The number of carbonyl (C=O) groups is 1. The molecule has 0 radical (unpaired) electrons. The van der Waals surface area contributed by atoms with Gasteiger partial charge in [-0.1, -0.05) is 11.6 Å². The van der Waals surface area contributed by atoms with Crippen LogP contribution < -0.4 is 10.6 Å². The fourth-order valence-electron chi connectivity index (χ4n) is 2.10. The highest BCUT2D eigenvalue weighted by Gasteiger charge is 2.18. The molecule has 1 aromatic carbocycles. The van der Waals surface area contributed by atoms with Gasteiger partial charge in [0.25, 0.3) is 5.69 Å². The van der Waals surface area contributed by atoms with Crippen molar-refractivity contribution in [1.29, 1.82) is 0 Å². The zero-order valence-corrected chi connectivity index (χ0v) is 10.9. The smallest absolute Gasteiger partial charge is 0.289 e. The molecule has 0 spiro atoms. The lowest BCUT2D eigenvalue weighted by Crippen LogP contribution is -2.27. The van der Waals surface area contributed by atoms with Crippen molar-refractivity contribution in [3.05, 3.63) is 33.3 Å². The quantitative estimate of drug-likeness (QED) is 0.656. The summed E-state index contributed by atoms with van der Waals surface area (Å²) in [5, 5.41) is 16.7. The summed E-state index contributed by atoms with van der Waals surface area (Å²) in [7, 11) is 0. The Morgan fingerprint density at radius 1 is 1.58 bits per heavy atom. The van der Waals surface area contributed by atoms with Crippen LogP contribution in [0.5, 0.6) is 0 Å². The van der Waals surface area contributed by atoms with Crippen molar-refractivity contribution in [3.8, 4) is 0 Å². The van der Waals surface area contributed by atoms with Crippen molar-refractivity contribution in [2.24, 2.45) is 0 Å². The first-order valence-electron chi connectivity index (χ1n) is 6.03.